The van der Waals surface area contributed by atoms with Crippen LogP contribution in [0.2, 0.25) is 0 Å². The Balaban J connectivity index is 1.78. The average Bonchev–Trinajstić information content (AvgIpc) is 2.71. The second-order valence-corrected chi connectivity index (χ2v) is 5.57. The van der Waals surface area contributed by atoms with Gasteiger partial charge in [-0.1, -0.05) is 0 Å². The van der Waals surface area contributed by atoms with Crippen molar-refractivity contribution in [3.05, 3.63) is 10.0 Å². The second-order valence-electron chi connectivity index (χ2n) is 3.16. The molecule has 1 N–H and O–H groups in total. The van der Waals surface area contributed by atoms with E-state index in [0.717, 1.165) is 16.6 Å². The molecule has 1 fully saturated rings. The van der Waals surface area contributed by atoms with E-state index in [-0.39, 0.29) is 0 Å². The summed E-state index contributed by atoms with van der Waals surface area (Å²) in [5.41, 5.74) is 0. The van der Waals surface area contributed by atoms with Gasteiger partial charge < -0.3 is 5.32 Å². The smallest absolute Gasteiger partial charge is 0.131 e. The normalized spacial score (nSPS) is 22.4. The lowest BCUT2D eigenvalue weighted by molar-refractivity contribution is 0.555. The molecule has 1 saturated heterocycles. The molecule has 0 spiro atoms. The molecule has 0 aromatic carbocycles. The minimum Gasteiger partial charge on any atom is -0.307 e. The predicted octanol–water partition coefficient (Wildman–Crippen LogP) is 1.44. The van der Waals surface area contributed by atoms with E-state index in [2.05, 4.69) is 15.5 Å². The first-order chi connectivity index (χ1) is 6.34. The van der Waals surface area contributed by atoms with E-state index < -0.39 is 0 Å². The highest BCUT2D eigenvalue weighted by molar-refractivity contribution is 7.99. The minimum absolute atomic E-state index is 0.689. The fourth-order valence-corrected chi connectivity index (χ4v) is 3.18. The summed E-state index contributed by atoms with van der Waals surface area (Å²) >= 11 is 3.71. The standard InChI is InChI=1S/C8H13N3S2/c1-6-10-11-8(13-6)4-9-7-2-3-12-5-7/h7,9H,2-5H2,1H3. The van der Waals surface area contributed by atoms with E-state index in [1.165, 1.54) is 17.9 Å². The van der Waals surface area contributed by atoms with Crippen LogP contribution in [0.25, 0.3) is 0 Å². The zero-order valence-electron chi connectivity index (χ0n) is 7.62. The zero-order valence-corrected chi connectivity index (χ0v) is 9.25. The lowest BCUT2D eigenvalue weighted by Crippen LogP contribution is -2.27. The number of nitrogens with one attached hydrogen (secondary N) is 1. The van der Waals surface area contributed by atoms with Crippen LogP contribution in [0.15, 0.2) is 0 Å². The highest BCUT2D eigenvalue weighted by Crippen LogP contribution is 2.17. The first-order valence-electron chi connectivity index (χ1n) is 4.45. The van der Waals surface area contributed by atoms with Crippen molar-refractivity contribution in [2.24, 2.45) is 0 Å². The monoisotopic (exact) mass is 215 g/mol. The zero-order chi connectivity index (χ0) is 9.10. The van der Waals surface area contributed by atoms with Gasteiger partial charge in [-0.3, -0.25) is 0 Å². The summed E-state index contributed by atoms with van der Waals surface area (Å²) in [4.78, 5) is 0. The quantitative estimate of drug-likeness (QED) is 0.828. The molecule has 1 aromatic heterocycles. The van der Waals surface area contributed by atoms with Crippen LogP contribution in [0.1, 0.15) is 16.4 Å². The van der Waals surface area contributed by atoms with Crippen molar-refractivity contribution in [3.8, 4) is 0 Å². The molecule has 2 heterocycles. The largest absolute Gasteiger partial charge is 0.307 e. The van der Waals surface area contributed by atoms with Crippen molar-refractivity contribution in [2.45, 2.75) is 25.9 Å². The second kappa shape index (κ2) is 4.39. The van der Waals surface area contributed by atoms with Crippen LogP contribution < -0.4 is 5.32 Å². The Kier molecular flexibility index (Phi) is 3.18. The Morgan fingerprint density at radius 3 is 3.08 bits per heavy atom. The Hall–Kier alpha value is -0.130. The third-order valence-electron chi connectivity index (χ3n) is 2.04. The Labute approximate surface area is 86.3 Å². The first-order valence-corrected chi connectivity index (χ1v) is 6.42. The van der Waals surface area contributed by atoms with E-state index in [1.54, 1.807) is 11.3 Å². The van der Waals surface area contributed by atoms with Gasteiger partial charge in [-0.15, -0.1) is 21.5 Å². The molecule has 72 valence electrons. The Bertz CT molecular complexity index is 268. The molecule has 3 nitrogen and oxygen atoms in total. The molecule has 0 amide bonds. The van der Waals surface area contributed by atoms with E-state index in [1.807, 2.05) is 18.7 Å². The Morgan fingerprint density at radius 2 is 2.46 bits per heavy atom. The molecular formula is C8H13N3S2. The summed E-state index contributed by atoms with van der Waals surface area (Å²) in [5, 5.41) is 13.7. The van der Waals surface area contributed by atoms with E-state index in [9.17, 15) is 0 Å². The van der Waals surface area contributed by atoms with Crippen molar-refractivity contribution in [1.29, 1.82) is 0 Å². The van der Waals surface area contributed by atoms with Crippen LogP contribution in [-0.2, 0) is 6.54 Å². The predicted molar refractivity (Wildman–Crippen MR) is 57.2 cm³/mol. The van der Waals surface area contributed by atoms with Gasteiger partial charge in [-0.05, 0) is 19.1 Å². The van der Waals surface area contributed by atoms with Gasteiger partial charge in [-0.25, -0.2) is 0 Å². The van der Waals surface area contributed by atoms with E-state index in [4.69, 9.17) is 0 Å². The lowest BCUT2D eigenvalue weighted by Gasteiger charge is -2.07. The maximum atomic E-state index is 4.08. The summed E-state index contributed by atoms with van der Waals surface area (Å²) in [6, 6.07) is 0.689. The van der Waals surface area contributed by atoms with Crippen LogP contribution in [0.5, 0.6) is 0 Å². The molecule has 0 radical (unpaired) electrons. The molecule has 0 bridgehead atoms. The van der Waals surface area contributed by atoms with Crippen molar-refractivity contribution in [2.75, 3.05) is 11.5 Å². The molecule has 2 rings (SSSR count). The number of aryl methyl sites for hydroxylation is 1. The molecule has 1 aromatic rings. The van der Waals surface area contributed by atoms with E-state index >= 15 is 0 Å². The number of rotatable bonds is 3. The number of nitrogens with zero attached hydrogens (tertiary/aromatic N) is 2. The van der Waals surface area contributed by atoms with Gasteiger partial charge >= 0.3 is 0 Å². The lowest BCUT2D eigenvalue weighted by atomic mass is 10.3. The molecule has 5 heteroatoms. The summed E-state index contributed by atoms with van der Waals surface area (Å²) in [6.45, 7) is 2.88. The minimum atomic E-state index is 0.689. The van der Waals surface area contributed by atoms with Gasteiger partial charge in [0.2, 0.25) is 0 Å². The molecule has 0 saturated carbocycles. The molecule has 1 aliphatic rings. The van der Waals surface area contributed by atoms with Gasteiger partial charge in [0, 0.05) is 18.3 Å². The summed E-state index contributed by atoms with van der Waals surface area (Å²) in [5.74, 6) is 2.55. The van der Waals surface area contributed by atoms with Gasteiger partial charge in [-0.2, -0.15) is 11.8 Å². The SMILES string of the molecule is Cc1nnc(CNC2CCSC2)s1. The molecule has 13 heavy (non-hydrogen) atoms. The van der Waals surface area contributed by atoms with Crippen molar-refractivity contribution in [1.82, 2.24) is 15.5 Å². The first kappa shape index (κ1) is 9.43. The van der Waals surface area contributed by atoms with Gasteiger partial charge in [0.15, 0.2) is 0 Å². The molecule has 1 atom stereocenters. The van der Waals surface area contributed by atoms with Crippen molar-refractivity contribution < 1.29 is 0 Å². The molecule has 1 aliphatic heterocycles. The maximum Gasteiger partial charge on any atom is 0.131 e. The number of aromatic nitrogens is 2. The van der Waals surface area contributed by atoms with Crippen molar-refractivity contribution in [3.63, 3.8) is 0 Å². The highest BCUT2D eigenvalue weighted by Gasteiger charge is 2.14. The molecular weight excluding hydrogens is 202 g/mol. The summed E-state index contributed by atoms with van der Waals surface area (Å²) < 4.78 is 0. The van der Waals surface area contributed by atoms with Gasteiger partial charge in [0.25, 0.3) is 0 Å². The third-order valence-corrected chi connectivity index (χ3v) is 4.04. The maximum absolute atomic E-state index is 4.08. The summed E-state index contributed by atoms with van der Waals surface area (Å²) in [7, 11) is 0. The van der Waals surface area contributed by atoms with Crippen LogP contribution in [0.4, 0.5) is 0 Å². The number of thioether (sulfide) groups is 1. The van der Waals surface area contributed by atoms with Gasteiger partial charge in [0.05, 0.1) is 0 Å². The number of hydrogen-bond donors (Lipinski definition) is 1. The molecule has 0 aliphatic carbocycles. The van der Waals surface area contributed by atoms with Gasteiger partial charge in [0.1, 0.15) is 10.0 Å². The number of hydrogen-bond acceptors (Lipinski definition) is 5. The fourth-order valence-electron chi connectivity index (χ4n) is 1.34. The summed E-state index contributed by atoms with van der Waals surface area (Å²) in [6.07, 6.45) is 1.29. The highest BCUT2D eigenvalue weighted by atomic mass is 32.2. The topological polar surface area (TPSA) is 37.8 Å². The van der Waals surface area contributed by atoms with Crippen molar-refractivity contribution >= 4 is 23.1 Å². The fraction of sp³-hybridized carbons (Fsp3) is 0.750. The van der Waals surface area contributed by atoms with Crippen LogP contribution >= 0.6 is 23.1 Å². The van der Waals surface area contributed by atoms with Crippen LogP contribution in [-0.4, -0.2) is 27.7 Å². The van der Waals surface area contributed by atoms with E-state index in [0.29, 0.717) is 6.04 Å². The third kappa shape index (κ3) is 2.65. The average molecular weight is 215 g/mol. The Morgan fingerprint density at radius 1 is 1.54 bits per heavy atom. The molecule has 1 unspecified atom stereocenters. The van der Waals surface area contributed by atoms with Crippen LogP contribution in [0, 0.1) is 6.92 Å². The van der Waals surface area contributed by atoms with Crippen LogP contribution in [0.3, 0.4) is 0 Å².